The smallest absolute Gasteiger partial charge is 0.309 e. The van der Waals surface area contributed by atoms with Crippen LogP contribution in [0.25, 0.3) is 0 Å². The van der Waals surface area contributed by atoms with Crippen LogP contribution in [0, 0.1) is 5.92 Å². The van der Waals surface area contributed by atoms with Gasteiger partial charge in [0.05, 0.1) is 18.6 Å². The Hall–Kier alpha value is -0.830. The lowest BCUT2D eigenvalue weighted by atomic mass is 10.1. The number of carboxylic acids is 1. The molecule has 1 aliphatic rings. The van der Waals surface area contributed by atoms with E-state index in [0.29, 0.717) is 6.61 Å². The van der Waals surface area contributed by atoms with Gasteiger partial charge in [-0.1, -0.05) is 6.08 Å². The lowest BCUT2D eigenvalue weighted by Crippen LogP contribution is -2.25. The molecule has 0 aromatic heterocycles. The largest absolute Gasteiger partial charge is 0.481 e. The highest BCUT2D eigenvalue weighted by Crippen LogP contribution is 2.28. The van der Waals surface area contributed by atoms with Crippen molar-refractivity contribution in [3.8, 4) is 0 Å². The molecule has 1 rings (SSSR count). The van der Waals surface area contributed by atoms with Crippen molar-refractivity contribution in [2.24, 2.45) is 5.92 Å². The lowest BCUT2D eigenvalue weighted by molar-refractivity contribution is -0.145. The van der Waals surface area contributed by atoms with Crippen LogP contribution in [0.5, 0.6) is 0 Å². The quantitative estimate of drug-likeness (QED) is 0.649. The average Bonchev–Trinajstić information content (AvgIpc) is 2.48. The van der Waals surface area contributed by atoms with Gasteiger partial charge < -0.3 is 9.84 Å². The zero-order chi connectivity index (χ0) is 8.97. The summed E-state index contributed by atoms with van der Waals surface area (Å²) < 4.78 is 5.33. The molecule has 0 amide bonds. The van der Waals surface area contributed by atoms with Crippen LogP contribution in [0.3, 0.4) is 0 Å². The van der Waals surface area contributed by atoms with Crippen LogP contribution in [-0.2, 0) is 9.53 Å². The van der Waals surface area contributed by atoms with E-state index in [1.165, 1.54) is 0 Å². The first-order valence-electron chi connectivity index (χ1n) is 4.21. The van der Waals surface area contributed by atoms with Gasteiger partial charge in [0.1, 0.15) is 0 Å². The molecule has 1 saturated carbocycles. The standard InChI is InChI=1S/C9H14O3/c1-2-6-12-8-5-3-4-7(8)9(10)11/h2,7-8H,1,3-6H2,(H,10,11). The highest BCUT2D eigenvalue weighted by atomic mass is 16.5. The van der Waals surface area contributed by atoms with Crippen LogP contribution < -0.4 is 0 Å². The Labute approximate surface area is 72.0 Å². The molecule has 0 heterocycles. The van der Waals surface area contributed by atoms with Crippen molar-refractivity contribution in [3.05, 3.63) is 12.7 Å². The van der Waals surface area contributed by atoms with Crippen molar-refractivity contribution in [1.29, 1.82) is 0 Å². The predicted molar refractivity (Wildman–Crippen MR) is 44.9 cm³/mol. The summed E-state index contributed by atoms with van der Waals surface area (Å²) in [6.45, 7) is 3.97. The minimum Gasteiger partial charge on any atom is -0.481 e. The molecule has 2 unspecified atom stereocenters. The maximum atomic E-state index is 10.7. The highest BCUT2D eigenvalue weighted by molar-refractivity contribution is 5.71. The van der Waals surface area contributed by atoms with Crippen LogP contribution in [-0.4, -0.2) is 23.8 Å². The molecule has 0 aliphatic heterocycles. The van der Waals surface area contributed by atoms with Gasteiger partial charge in [0.15, 0.2) is 0 Å². The van der Waals surface area contributed by atoms with Crippen molar-refractivity contribution in [1.82, 2.24) is 0 Å². The molecule has 0 spiro atoms. The molecule has 1 aliphatic carbocycles. The van der Waals surface area contributed by atoms with Gasteiger partial charge in [0, 0.05) is 0 Å². The minimum atomic E-state index is -0.735. The van der Waals surface area contributed by atoms with Crippen molar-refractivity contribution in [2.75, 3.05) is 6.61 Å². The first kappa shape index (κ1) is 9.26. The Morgan fingerprint density at radius 3 is 3.00 bits per heavy atom. The topological polar surface area (TPSA) is 46.5 Å². The van der Waals surface area contributed by atoms with E-state index in [2.05, 4.69) is 6.58 Å². The third kappa shape index (κ3) is 2.08. The Kier molecular flexibility index (Phi) is 3.29. The zero-order valence-corrected chi connectivity index (χ0v) is 7.03. The summed E-state index contributed by atoms with van der Waals surface area (Å²) in [5.41, 5.74) is 0. The molecule has 2 atom stereocenters. The monoisotopic (exact) mass is 170 g/mol. The second-order valence-corrected chi connectivity index (χ2v) is 3.04. The van der Waals surface area contributed by atoms with Crippen LogP contribution in [0.4, 0.5) is 0 Å². The molecule has 0 saturated heterocycles. The number of aliphatic carboxylic acids is 1. The van der Waals surface area contributed by atoms with E-state index < -0.39 is 5.97 Å². The summed E-state index contributed by atoms with van der Waals surface area (Å²) in [5.74, 6) is -1.04. The zero-order valence-electron chi connectivity index (χ0n) is 7.03. The second kappa shape index (κ2) is 4.26. The van der Waals surface area contributed by atoms with E-state index >= 15 is 0 Å². The maximum absolute atomic E-state index is 10.7. The van der Waals surface area contributed by atoms with E-state index in [1.807, 2.05) is 0 Å². The normalized spacial score (nSPS) is 28.7. The van der Waals surface area contributed by atoms with E-state index in [9.17, 15) is 4.79 Å². The first-order valence-corrected chi connectivity index (χ1v) is 4.21. The van der Waals surface area contributed by atoms with Gasteiger partial charge in [-0.05, 0) is 19.3 Å². The fraction of sp³-hybridized carbons (Fsp3) is 0.667. The van der Waals surface area contributed by atoms with Crippen LogP contribution in [0.1, 0.15) is 19.3 Å². The Morgan fingerprint density at radius 2 is 2.42 bits per heavy atom. The summed E-state index contributed by atoms with van der Waals surface area (Å²) in [4.78, 5) is 10.7. The fourth-order valence-electron chi connectivity index (χ4n) is 1.60. The number of rotatable bonds is 4. The van der Waals surface area contributed by atoms with Gasteiger partial charge in [0.2, 0.25) is 0 Å². The molecule has 3 nitrogen and oxygen atoms in total. The van der Waals surface area contributed by atoms with Crippen molar-refractivity contribution in [3.63, 3.8) is 0 Å². The summed E-state index contributed by atoms with van der Waals surface area (Å²) in [6.07, 6.45) is 4.12. The predicted octanol–water partition coefficient (Wildman–Crippen LogP) is 1.44. The molecule has 12 heavy (non-hydrogen) atoms. The molecule has 0 aromatic rings. The third-order valence-corrected chi connectivity index (χ3v) is 2.20. The number of carbonyl (C=O) groups is 1. The maximum Gasteiger partial charge on any atom is 0.309 e. The van der Waals surface area contributed by atoms with E-state index in [-0.39, 0.29) is 12.0 Å². The summed E-state index contributed by atoms with van der Waals surface area (Å²) >= 11 is 0. The molecule has 3 heteroatoms. The molecule has 0 aromatic carbocycles. The van der Waals surface area contributed by atoms with E-state index in [4.69, 9.17) is 9.84 Å². The minimum absolute atomic E-state index is 0.0968. The second-order valence-electron chi connectivity index (χ2n) is 3.04. The van der Waals surface area contributed by atoms with Crippen LogP contribution in [0.2, 0.25) is 0 Å². The SMILES string of the molecule is C=CCOC1CCCC1C(=O)O. The van der Waals surface area contributed by atoms with Gasteiger partial charge in [-0.2, -0.15) is 0 Å². The van der Waals surface area contributed by atoms with Gasteiger partial charge in [-0.25, -0.2) is 0 Å². The molecule has 0 radical (unpaired) electrons. The average molecular weight is 170 g/mol. The van der Waals surface area contributed by atoms with Gasteiger partial charge in [-0.3, -0.25) is 4.79 Å². The number of ether oxygens (including phenoxy) is 1. The van der Waals surface area contributed by atoms with Crippen molar-refractivity contribution >= 4 is 5.97 Å². The summed E-state index contributed by atoms with van der Waals surface area (Å²) in [6, 6.07) is 0. The molecule has 68 valence electrons. The lowest BCUT2D eigenvalue weighted by Gasteiger charge is -2.14. The van der Waals surface area contributed by atoms with Gasteiger partial charge >= 0.3 is 5.97 Å². The Balaban J connectivity index is 2.40. The van der Waals surface area contributed by atoms with Gasteiger partial charge in [-0.15, -0.1) is 6.58 Å². The molecule has 0 bridgehead atoms. The first-order chi connectivity index (χ1) is 5.75. The van der Waals surface area contributed by atoms with Gasteiger partial charge in [0.25, 0.3) is 0 Å². The third-order valence-electron chi connectivity index (χ3n) is 2.20. The molecular weight excluding hydrogens is 156 g/mol. The van der Waals surface area contributed by atoms with Crippen LogP contribution in [0.15, 0.2) is 12.7 Å². The summed E-state index contributed by atoms with van der Waals surface area (Å²) in [5, 5.41) is 8.78. The molecule has 1 N–H and O–H groups in total. The van der Waals surface area contributed by atoms with E-state index in [1.54, 1.807) is 6.08 Å². The fourth-order valence-corrected chi connectivity index (χ4v) is 1.60. The Morgan fingerprint density at radius 1 is 1.67 bits per heavy atom. The highest BCUT2D eigenvalue weighted by Gasteiger charge is 2.33. The summed E-state index contributed by atoms with van der Waals surface area (Å²) in [7, 11) is 0. The number of carboxylic acid groups (broad SMARTS) is 1. The van der Waals surface area contributed by atoms with Crippen molar-refractivity contribution in [2.45, 2.75) is 25.4 Å². The van der Waals surface area contributed by atoms with Crippen molar-refractivity contribution < 1.29 is 14.6 Å². The number of hydrogen-bond donors (Lipinski definition) is 1. The number of hydrogen-bond acceptors (Lipinski definition) is 2. The Bertz CT molecular complexity index is 177. The molecular formula is C9H14O3. The molecule has 1 fully saturated rings. The van der Waals surface area contributed by atoms with E-state index in [0.717, 1.165) is 19.3 Å². The van der Waals surface area contributed by atoms with Crippen LogP contribution >= 0.6 is 0 Å².